The maximum atomic E-state index is 12.4. The van der Waals surface area contributed by atoms with Crippen LogP contribution in [-0.2, 0) is 0 Å². The number of benzene rings is 1. The molecule has 21 heavy (non-hydrogen) atoms. The number of anilines is 1. The lowest BCUT2D eigenvalue weighted by atomic mass is 10.2. The van der Waals surface area contributed by atoms with Crippen LogP contribution in [-0.4, -0.2) is 20.5 Å². The molecule has 1 N–H and O–H groups in total. The molecule has 1 amide bonds. The molecule has 0 radical (unpaired) electrons. The van der Waals surface area contributed by atoms with Crippen LogP contribution in [0.25, 0.3) is 5.65 Å². The average molecular weight is 366 g/mol. The van der Waals surface area contributed by atoms with E-state index >= 15 is 0 Å². The second-order valence-electron chi connectivity index (χ2n) is 4.46. The lowest BCUT2D eigenvalue weighted by molar-refractivity contribution is 0.102. The Bertz CT molecular complexity index is 846. The van der Waals surface area contributed by atoms with Crippen LogP contribution in [0.5, 0.6) is 0 Å². The fraction of sp³-hybridized carbons (Fsp3) is 0.0714. The third-order valence-corrected chi connectivity index (χ3v) is 3.97. The van der Waals surface area contributed by atoms with Crippen molar-refractivity contribution in [2.45, 2.75) is 6.92 Å². The Morgan fingerprint density at radius 1 is 1.43 bits per heavy atom. The summed E-state index contributed by atoms with van der Waals surface area (Å²) in [4.78, 5) is 16.6. The lowest BCUT2D eigenvalue weighted by Gasteiger charge is -2.07. The molecule has 3 aromatic rings. The standard InChI is InChI=1S/C14H10BrClN4O/c1-8-3-4-9(16)7-10(8)18-14(21)12-11(15)13-17-5-2-6-20(13)19-12/h2-7H,1H3,(H,18,21). The maximum absolute atomic E-state index is 12.4. The van der Waals surface area contributed by atoms with Crippen LogP contribution >= 0.6 is 27.5 Å². The minimum Gasteiger partial charge on any atom is -0.320 e. The van der Waals surface area contributed by atoms with Gasteiger partial charge < -0.3 is 5.32 Å². The van der Waals surface area contributed by atoms with E-state index in [-0.39, 0.29) is 11.6 Å². The molecule has 0 spiro atoms. The zero-order valence-electron chi connectivity index (χ0n) is 11.0. The van der Waals surface area contributed by atoms with Crippen molar-refractivity contribution in [3.8, 4) is 0 Å². The number of fused-ring (bicyclic) bond motifs is 1. The van der Waals surface area contributed by atoms with Gasteiger partial charge in [-0.1, -0.05) is 17.7 Å². The van der Waals surface area contributed by atoms with E-state index in [4.69, 9.17) is 11.6 Å². The first-order valence-corrected chi connectivity index (χ1v) is 7.29. The third-order valence-electron chi connectivity index (χ3n) is 3.00. The van der Waals surface area contributed by atoms with Crippen LogP contribution in [0.1, 0.15) is 16.1 Å². The Hall–Kier alpha value is -1.92. The molecule has 0 aliphatic carbocycles. The summed E-state index contributed by atoms with van der Waals surface area (Å²) < 4.78 is 2.10. The number of hydrogen-bond donors (Lipinski definition) is 1. The first-order valence-electron chi connectivity index (χ1n) is 6.12. The first kappa shape index (κ1) is 14.0. The number of nitrogens with zero attached hydrogens (tertiary/aromatic N) is 3. The van der Waals surface area contributed by atoms with E-state index in [1.807, 2.05) is 13.0 Å². The number of nitrogens with one attached hydrogen (secondary N) is 1. The van der Waals surface area contributed by atoms with Crippen molar-refractivity contribution in [1.82, 2.24) is 14.6 Å². The van der Waals surface area contributed by atoms with Crippen LogP contribution in [0.4, 0.5) is 5.69 Å². The highest BCUT2D eigenvalue weighted by molar-refractivity contribution is 9.10. The summed E-state index contributed by atoms with van der Waals surface area (Å²) in [6.45, 7) is 1.90. The van der Waals surface area contributed by atoms with E-state index in [2.05, 4.69) is 31.3 Å². The Balaban J connectivity index is 1.97. The monoisotopic (exact) mass is 364 g/mol. The largest absolute Gasteiger partial charge is 0.320 e. The van der Waals surface area contributed by atoms with Gasteiger partial charge in [0.05, 0.1) is 4.47 Å². The number of aromatic nitrogens is 3. The van der Waals surface area contributed by atoms with Crippen molar-refractivity contribution < 1.29 is 4.79 Å². The first-order chi connectivity index (χ1) is 10.1. The van der Waals surface area contributed by atoms with E-state index in [1.165, 1.54) is 0 Å². The molecular formula is C14H10BrClN4O. The minimum atomic E-state index is -0.322. The number of amides is 1. The van der Waals surface area contributed by atoms with Crippen LogP contribution in [0.2, 0.25) is 5.02 Å². The molecule has 7 heteroatoms. The van der Waals surface area contributed by atoms with E-state index in [9.17, 15) is 4.79 Å². The van der Waals surface area contributed by atoms with E-state index in [0.717, 1.165) is 5.56 Å². The van der Waals surface area contributed by atoms with Crippen molar-refractivity contribution in [2.75, 3.05) is 5.32 Å². The fourth-order valence-electron chi connectivity index (χ4n) is 1.91. The van der Waals surface area contributed by atoms with E-state index < -0.39 is 0 Å². The van der Waals surface area contributed by atoms with Crippen LogP contribution in [0, 0.1) is 6.92 Å². The van der Waals surface area contributed by atoms with Gasteiger partial charge in [-0.25, -0.2) is 9.50 Å². The molecule has 0 aliphatic rings. The molecule has 5 nitrogen and oxygen atoms in total. The summed E-state index contributed by atoms with van der Waals surface area (Å²) in [5, 5.41) is 7.60. The highest BCUT2D eigenvalue weighted by Gasteiger charge is 2.18. The van der Waals surface area contributed by atoms with Gasteiger partial charge in [0.1, 0.15) is 0 Å². The molecule has 0 saturated heterocycles. The number of carbonyl (C=O) groups is 1. The number of halogens is 2. The van der Waals surface area contributed by atoms with Gasteiger partial charge in [-0.05, 0) is 46.6 Å². The Morgan fingerprint density at radius 3 is 3.00 bits per heavy atom. The minimum absolute atomic E-state index is 0.271. The predicted molar refractivity (Wildman–Crippen MR) is 84.8 cm³/mol. The number of aryl methyl sites for hydroxylation is 1. The summed E-state index contributed by atoms with van der Waals surface area (Å²) in [5.74, 6) is -0.322. The van der Waals surface area contributed by atoms with Gasteiger partial charge in [-0.2, -0.15) is 5.10 Å². The molecule has 0 unspecified atom stereocenters. The van der Waals surface area contributed by atoms with Crippen molar-refractivity contribution in [2.24, 2.45) is 0 Å². The fourth-order valence-corrected chi connectivity index (χ4v) is 2.63. The second kappa shape index (κ2) is 5.46. The van der Waals surface area contributed by atoms with Crippen LogP contribution in [0.15, 0.2) is 41.1 Å². The number of carbonyl (C=O) groups excluding carboxylic acids is 1. The molecule has 0 bridgehead atoms. The zero-order valence-corrected chi connectivity index (χ0v) is 13.3. The highest BCUT2D eigenvalue weighted by atomic mass is 79.9. The smallest absolute Gasteiger partial charge is 0.277 e. The normalized spacial score (nSPS) is 10.8. The molecule has 3 rings (SSSR count). The summed E-state index contributed by atoms with van der Waals surface area (Å²) in [7, 11) is 0. The van der Waals surface area contributed by atoms with Gasteiger partial charge in [0.15, 0.2) is 11.3 Å². The highest BCUT2D eigenvalue weighted by Crippen LogP contribution is 2.24. The molecule has 2 aromatic heterocycles. The molecular weight excluding hydrogens is 356 g/mol. The molecule has 0 saturated carbocycles. The quantitative estimate of drug-likeness (QED) is 0.753. The Kier molecular flexibility index (Phi) is 3.65. The lowest BCUT2D eigenvalue weighted by Crippen LogP contribution is -2.14. The Morgan fingerprint density at radius 2 is 2.24 bits per heavy atom. The van der Waals surface area contributed by atoms with Gasteiger partial charge in [0.2, 0.25) is 0 Å². The van der Waals surface area contributed by atoms with Gasteiger partial charge in [0.25, 0.3) is 5.91 Å². The van der Waals surface area contributed by atoms with Gasteiger partial charge in [0, 0.05) is 23.1 Å². The van der Waals surface area contributed by atoms with Crippen LogP contribution in [0.3, 0.4) is 0 Å². The molecule has 0 atom stereocenters. The second-order valence-corrected chi connectivity index (χ2v) is 5.69. The third kappa shape index (κ3) is 2.64. The van der Waals surface area contributed by atoms with Crippen molar-refractivity contribution in [1.29, 1.82) is 0 Å². The maximum Gasteiger partial charge on any atom is 0.277 e. The number of hydrogen-bond acceptors (Lipinski definition) is 3. The summed E-state index contributed by atoms with van der Waals surface area (Å²) in [5.41, 5.74) is 2.44. The van der Waals surface area contributed by atoms with Gasteiger partial charge >= 0.3 is 0 Å². The summed E-state index contributed by atoms with van der Waals surface area (Å²) >= 11 is 9.32. The van der Waals surface area contributed by atoms with Crippen molar-refractivity contribution in [3.05, 3.63) is 57.4 Å². The molecule has 0 aliphatic heterocycles. The van der Waals surface area contributed by atoms with Gasteiger partial charge in [-0.3, -0.25) is 4.79 Å². The molecule has 106 valence electrons. The van der Waals surface area contributed by atoms with Gasteiger partial charge in [-0.15, -0.1) is 0 Å². The topological polar surface area (TPSA) is 59.3 Å². The molecule has 0 fully saturated rings. The SMILES string of the molecule is Cc1ccc(Cl)cc1NC(=O)c1nn2cccnc2c1Br. The van der Waals surface area contributed by atoms with Crippen LogP contribution < -0.4 is 5.32 Å². The average Bonchev–Trinajstić information content (AvgIpc) is 2.81. The van der Waals surface area contributed by atoms with E-state index in [0.29, 0.717) is 20.8 Å². The Labute approximate surface area is 134 Å². The van der Waals surface area contributed by atoms with Crippen molar-refractivity contribution in [3.63, 3.8) is 0 Å². The summed E-state index contributed by atoms with van der Waals surface area (Å²) in [6.07, 6.45) is 3.37. The zero-order chi connectivity index (χ0) is 15.0. The molecule has 1 aromatic carbocycles. The summed E-state index contributed by atoms with van der Waals surface area (Å²) in [6, 6.07) is 7.07. The van der Waals surface area contributed by atoms with Crippen molar-refractivity contribution >= 4 is 44.8 Å². The predicted octanol–water partition coefficient (Wildman–Crippen LogP) is 3.71. The van der Waals surface area contributed by atoms with E-state index in [1.54, 1.807) is 35.1 Å². The number of rotatable bonds is 2. The molecule has 2 heterocycles.